The number of hydrogen-bond acceptors (Lipinski definition) is 10. The van der Waals surface area contributed by atoms with Gasteiger partial charge in [-0.1, -0.05) is 236 Å². The van der Waals surface area contributed by atoms with Crippen LogP contribution in [0.1, 0.15) is 239 Å². The molecule has 12 heteroatoms. The Hall–Kier alpha value is -2.82. The van der Waals surface area contributed by atoms with Crippen molar-refractivity contribution < 1.29 is 52.2 Å². The van der Waals surface area contributed by atoms with Crippen LogP contribution in [0.2, 0.25) is 0 Å². The van der Waals surface area contributed by atoms with Gasteiger partial charge in [-0.05, 0) is 44.9 Å². The zero-order valence-corrected chi connectivity index (χ0v) is 44.2. The molecule has 0 aliphatic rings. The molecule has 0 spiro atoms. The molecule has 0 aliphatic heterocycles. The number of phosphoric acid groups is 1. The van der Waals surface area contributed by atoms with Crippen LogP contribution in [0, 0.1) is 0 Å². The van der Waals surface area contributed by atoms with E-state index in [1.54, 1.807) is 6.08 Å². The van der Waals surface area contributed by atoms with Crippen molar-refractivity contribution in [2.45, 2.75) is 251 Å². The zero-order valence-electron chi connectivity index (χ0n) is 43.3. The summed E-state index contributed by atoms with van der Waals surface area (Å²) in [6, 6.07) is 0. The number of allylic oxidation sites excluding steroid dienone is 9. The summed E-state index contributed by atoms with van der Waals surface area (Å²) in [7, 11) is -4.76. The van der Waals surface area contributed by atoms with Crippen LogP contribution in [0.5, 0.6) is 0 Å². The molecule has 0 aliphatic carbocycles. The third kappa shape index (κ3) is 48.2. The van der Waals surface area contributed by atoms with E-state index in [1.807, 2.05) is 12.2 Å². The second kappa shape index (κ2) is 50.6. The van der Waals surface area contributed by atoms with Crippen LogP contribution < -0.4 is 0 Å². The van der Waals surface area contributed by atoms with Gasteiger partial charge in [-0.3, -0.25) is 23.4 Å². The summed E-state index contributed by atoms with van der Waals surface area (Å²) in [5, 5.41) is 9.79. The van der Waals surface area contributed by atoms with Gasteiger partial charge in [-0.15, -0.1) is 0 Å². The highest BCUT2D eigenvalue weighted by atomic mass is 31.2. The summed E-state index contributed by atoms with van der Waals surface area (Å²) in [5.74, 6) is -1.61. The number of hydrogen-bond donors (Lipinski definition) is 2. The van der Waals surface area contributed by atoms with Gasteiger partial charge in [0, 0.05) is 12.8 Å². The molecule has 0 radical (unpaired) electrons. The lowest BCUT2D eigenvalue weighted by Crippen LogP contribution is -2.30. The molecule has 0 bridgehead atoms. The summed E-state index contributed by atoms with van der Waals surface area (Å²) >= 11 is 0. The maximum Gasteiger partial charge on any atom is 0.472 e. The average Bonchev–Trinajstić information content (AvgIpc) is 3.32. The molecule has 0 amide bonds. The number of aliphatic hydroxyl groups excluding tert-OH is 1. The second-order valence-electron chi connectivity index (χ2n) is 18.0. The lowest BCUT2D eigenvalue weighted by Gasteiger charge is -2.21. The topological polar surface area (TPSA) is 155 Å². The maximum absolute atomic E-state index is 12.8. The fourth-order valence-corrected chi connectivity index (χ4v) is 8.16. The fourth-order valence-electron chi connectivity index (χ4n) is 7.37. The Bertz CT molecular complexity index is 1370. The minimum Gasteiger partial charge on any atom is -0.462 e. The summed E-state index contributed by atoms with van der Waals surface area (Å²) in [6.07, 6.45) is 53.6. The SMILES string of the molecule is CC/C=C\C/C=C\C/C=C\C/C=C\C/C=C\CC(=O)OC(COC(=O)CCCCCCCCCCCCC)COP(=O)(O)OCC(CO)OC(=O)CCCCCCCCCCCCCCCCC. The summed E-state index contributed by atoms with van der Waals surface area (Å²) in [4.78, 5) is 48.3. The van der Waals surface area contributed by atoms with E-state index < -0.39 is 57.8 Å². The monoisotopic (exact) mass is 979 g/mol. The number of rotatable bonds is 50. The van der Waals surface area contributed by atoms with E-state index in [0.717, 1.165) is 64.2 Å². The van der Waals surface area contributed by atoms with Crippen LogP contribution >= 0.6 is 7.82 Å². The first kappa shape index (κ1) is 65.2. The molecule has 0 saturated carbocycles. The fraction of sp³-hybridized carbons (Fsp3) is 0.768. The van der Waals surface area contributed by atoms with Crippen LogP contribution in [-0.4, -0.2) is 66.5 Å². The summed E-state index contributed by atoms with van der Waals surface area (Å²) < 4.78 is 39.3. The molecule has 0 fully saturated rings. The first-order valence-corrected chi connectivity index (χ1v) is 28.7. The molecular formula is C56H99O11P. The van der Waals surface area contributed by atoms with Crippen LogP contribution in [0.15, 0.2) is 60.8 Å². The number of carbonyl (C=O) groups is 3. The van der Waals surface area contributed by atoms with Crippen molar-refractivity contribution in [3.8, 4) is 0 Å². The molecule has 394 valence electrons. The third-order valence-electron chi connectivity index (χ3n) is 11.5. The summed E-state index contributed by atoms with van der Waals surface area (Å²) in [5.41, 5.74) is 0. The standard InChI is InChI=1S/C56H99O11P/c1-4-7-10-13-16-19-22-24-26-28-31-34-37-40-43-46-55(59)66-52(48-57)50-64-68(61,62)65-51-53(49-63-54(58)45-42-39-36-33-30-21-18-15-12-9-6-3)67-56(60)47-44-41-38-35-32-29-27-25-23-20-17-14-11-8-5-2/h8,11,17,20,25,27,32,35,41,44,52-53,57H,4-7,9-10,12-16,18-19,21-24,26,28-31,33-34,36-40,42-43,45-51H2,1-3H3,(H,61,62)/b11-8-,20-17-,27-25-,35-32-,44-41-. The van der Waals surface area contributed by atoms with E-state index in [9.17, 15) is 28.9 Å². The van der Waals surface area contributed by atoms with Crippen LogP contribution in [0.3, 0.4) is 0 Å². The molecule has 11 nitrogen and oxygen atoms in total. The summed E-state index contributed by atoms with van der Waals surface area (Å²) in [6.45, 7) is 4.42. The third-order valence-corrected chi connectivity index (χ3v) is 12.4. The molecule has 0 aromatic heterocycles. The normalized spacial score (nSPS) is 13.9. The van der Waals surface area contributed by atoms with Crippen LogP contribution in [-0.2, 0) is 42.2 Å². The van der Waals surface area contributed by atoms with E-state index in [4.69, 9.17) is 23.3 Å². The molecule has 0 heterocycles. The highest BCUT2D eigenvalue weighted by Gasteiger charge is 2.28. The van der Waals surface area contributed by atoms with Gasteiger partial charge in [0.05, 0.1) is 26.2 Å². The maximum atomic E-state index is 12.8. The predicted octanol–water partition coefficient (Wildman–Crippen LogP) is 15.6. The number of ether oxygens (including phenoxy) is 3. The molecule has 3 unspecified atom stereocenters. The molecule has 2 N–H and O–H groups in total. The average molecular weight is 979 g/mol. The number of unbranched alkanes of at least 4 members (excludes halogenated alkanes) is 24. The Morgan fingerprint density at radius 3 is 1.16 bits per heavy atom. The van der Waals surface area contributed by atoms with E-state index >= 15 is 0 Å². The molecule has 0 aromatic rings. The number of carbonyl (C=O) groups excluding carboxylic acids is 3. The quantitative estimate of drug-likeness (QED) is 0.0197. The van der Waals surface area contributed by atoms with Crippen LogP contribution in [0.25, 0.3) is 0 Å². The van der Waals surface area contributed by atoms with Gasteiger partial charge in [0.25, 0.3) is 0 Å². The van der Waals surface area contributed by atoms with Crippen molar-refractivity contribution in [3.05, 3.63) is 60.8 Å². The lowest BCUT2D eigenvalue weighted by atomic mass is 10.0. The highest BCUT2D eigenvalue weighted by molar-refractivity contribution is 7.47. The first-order valence-electron chi connectivity index (χ1n) is 27.2. The Morgan fingerprint density at radius 1 is 0.426 bits per heavy atom. The number of esters is 3. The van der Waals surface area contributed by atoms with Gasteiger partial charge >= 0.3 is 25.7 Å². The Labute approximate surface area is 415 Å². The minimum atomic E-state index is -4.76. The van der Waals surface area contributed by atoms with E-state index in [2.05, 4.69) is 63.3 Å². The van der Waals surface area contributed by atoms with Crippen molar-refractivity contribution in [2.24, 2.45) is 0 Å². The Kier molecular flexibility index (Phi) is 48.5. The van der Waals surface area contributed by atoms with Crippen molar-refractivity contribution in [3.63, 3.8) is 0 Å². The molecule has 3 atom stereocenters. The zero-order chi connectivity index (χ0) is 49.9. The van der Waals surface area contributed by atoms with E-state index in [0.29, 0.717) is 19.3 Å². The largest absolute Gasteiger partial charge is 0.472 e. The molecule has 0 rings (SSSR count). The van der Waals surface area contributed by atoms with E-state index in [-0.39, 0.29) is 25.9 Å². The Morgan fingerprint density at radius 2 is 0.765 bits per heavy atom. The highest BCUT2D eigenvalue weighted by Crippen LogP contribution is 2.43. The van der Waals surface area contributed by atoms with Gasteiger partial charge in [0.15, 0.2) is 6.10 Å². The van der Waals surface area contributed by atoms with Gasteiger partial charge < -0.3 is 24.2 Å². The molecule has 0 saturated heterocycles. The second-order valence-corrected chi connectivity index (χ2v) is 19.5. The van der Waals surface area contributed by atoms with Crippen molar-refractivity contribution in [2.75, 3.05) is 26.4 Å². The minimum absolute atomic E-state index is 0.0626. The Balaban J connectivity index is 4.78. The van der Waals surface area contributed by atoms with Crippen molar-refractivity contribution in [1.29, 1.82) is 0 Å². The van der Waals surface area contributed by atoms with E-state index in [1.165, 1.54) is 116 Å². The van der Waals surface area contributed by atoms with Crippen LogP contribution in [0.4, 0.5) is 0 Å². The van der Waals surface area contributed by atoms with Gasteiger partial charge in [-0.2, -0.15) is 0 Å². The van der Waals surface area contributed by atoms with Gasteiger partial charge in [0.1, 0.15) is 12.7 Å². The number of aliphatic hydroxyl groups is 1. The van der Waals surface area contributed by atoms with Crippen molar-refractivity contribution >= 4 is 25.7 Å². The van der Waals surface area contributed by atoms with Crippen molar-refractivity contribution in [1.82, 2.24) is 0 Å². The lowest BCUT2D eigenvalue weighted by molar-refractivity contribution is -0.160. The molecule has 68 heavy (non-hydrogen) atoms. The molecule has 0 aromatic carbocycles. The van der Waals surface area contributed by atoms with Gasteiger partial charge in [0.2, 0.25) is 0 Å². The molecular weight excluding hydrogens is 880 g/mol. The predicted molar refractivity (Wildman–Crippen MR) is 279 cm³/mol. The van der Waals surface area contributed by atoms with Gasteiger partial charge in [-0.25, -0.2) is 4.57 Å². The first-order chi connectivity index (χ1) is 33.2. The number of phosphoric ester groups is 1. The smallest absolute Gasteiger partial charge is 0.462 e.